The maximum Gasteiger partial charge on any atom is 0.323 e. The standard InChI is InChI=1S/C20H20ClN5O3/c1-28-19-18(26-8-10-29-11-9-26)23-17-12-13(6-7-16(17)24-19)22-20(27)25-15-5-3-2-4-14(15)21/h2-7,12H,8-11H2,1H3,(H2,22,25,27). The number of benzene rings is 2. The van der Waals surface area contributed by atoms with Crippen LogP contribution in [0.25, 0.3) is 11.0 Å². The third-order valence-electron chi connectivity index (χ3n) is 4.50. The number of anilines is 3. The minimum absolute atomic E-state index is 0.396. The van der Waals surface area contributed by atoms with E-state index in [1.807, 2.05) is 0 Å². The smallest absolute Gasteiger partial charge is 0.323 e. The van der Waals surface area contributed by atoms with Gasteiger partial charge in [-0.25, -0.2) is 14.8 Å². The highest BCUT2D eigenvalue weighted by Crippen LogP contribution is 2.28. The van der Waals surface area contributed by atoms with E-state index in [1.54, 1.807) is 49.6 Å². The third-order valence-corrected chi connectivity index (χ3v) is 4.83. The Balaban J connectivity index is 1.57. The van der Waals surface area contributed by atoms with Crippen LogP contribution in [0.15, 0.2) is 42.5 Å². The number of urea groups is 1. The van der Waals surface area contributed by atoms with E-state index >= 15 is 0 Å². The van der Waals surface area contributed by atoms with Crippen LogP contribution in [0.4, 0.5) is 22.0 Å². The van der Waals surface area contributed by atoms with E-state index in [2.05, 4.69) is 20.5 Å². The summed E-state index contributed by atoms with van der Waals surface area (Å²) in [5.41, 5.74) is 2.46. The van der Waals surface area contributed by atoms with E-state index in [4.69, 9.17) is 26.1 Å². The number of nitrogens with zero attached hydrogens (tertiary/aromatic N) is 3. The Morgan fingerprint density at radius 3 is 2.66 bits per heavy atom. The number of carbonyl (C=O) groups excluding carboxylic acids is 1. The van der Waals surface area contributed by atoms with Gasteiger partial charge in [0.2, 0.25) is 0 Å². The second-order valence-corrected chi connectivity index (χ2v) is 6.83. The van der Waals surface area contributed by atoms with Gasteiger partial charge in [0.25, 0.3) is 5.88 Å². The van der Waals surface area contributed by atoms with Gasteiger partial charge in [0.15, 0.2) is 5.82 Å². The number of halogens is 1. The number of aromatic nitrogens is 2. The van der Waals surface area contributed by atoms with E-state index in [-0.39, 0.29) is 0 Å². The first-order chi connectivity index (χ1) is 14.1. The van der Waals surface area contributed by atoms with Gasteiger partial charge in [0.1, 0.15) is 0 Å². The Morgan fingerprint density at radius 2 is 1.90 bits per heavy atom. The third kappa shape index (κ3) is 4.33. The molecule has 0 saturated carbocycles. The van der Waals surface area contributed by atoms with Gasteiger partial charge in [-0.3, -0.25) is 0 Å². The number of hydrogen-bond acceptors (Lipinski definition) is 6. The lowest BCUT2D eigenvalue weighted by atomic mass is 10.2. The molecule has 1 aromatic heterocycles. The van der Waals surface area contributed by atoms with Crippen LogP contribution in [-0.4, -0.2) is 49.4 Å². The van der Waals surface area contributed by atoms with E-state index < -0.39 is 6.03 Å². The zero-order valence-corrected chi connectivity index (χ0v) is 16.6. The molecule has 1 aliphatic heterocycles. The number of methoxy groups -OCH3 is 1. The van der Waals surface area contributed by atoms with Crippen LogP contribution in [0.1, 0.15) is 0 Å². The molecule has 2 heterocycles. The molecule has 3 aromatic rings. The fourth-order valence-corrected chi connectivity index (χ4v) is 3.25. The summed E-state index contributed by atoms with van der Waals surface area (Å²) in [6.07, 6.45) is 0. The Hall–Kier alpha value is -3.10. The summed E-state index contributed by atoms with van der Waals surface area (Å²) in [7, 11) is 1.58. The van der Waals surface area contributed by atoms with E-state index in [1.165, 1.54) is 0 Å². The van der Waals surface area contributed by atoms with Gasteiger partial charge < -0.3 is 25.0 Å². The predicted molar refractivity (Wildman–Crippen MR) is 113 cm³/mol. The lowest BCUT2D eigenvalue weighted by Crippen LogP contribution is -2.37. The molecule has 4 rings (SSSR count). The molecule has 9 heteroatoms. The highest BCUT2D eigenvalue weighted by molar-refractivity contribution is 6.33. The van der Waals surface area contributed by atoms with E-state index in [0.717, 1.165) is 0 Å². The number of fused-ring (bicyclic) bond motifs is 1. The van der Waals surface area contributed by atoms with Gasteiger partial charge in [0.05, 0.1) is 42.1 Å². The number of amides is 2. The van der Waals surface area contributed by atoms with Gasteiger partial charge in [-0.05, 0) is 30.3 Å². The second-order valence-electron chi connectivity index (χ2n) is 6.42. The van der Waals surface area contributed by atoms with Crippen LogP contribution < -0.4 is 20.3 Å². The quantitative estimate of drug-likeness (QED) is 0.676. The number of nitrogens with one attached hydrogen (secondary N) is 2. The van der Waals surface area contributed by atoms with Crippen molar-refractivity contribution in [3.05, 3.63) is 47.5 Å². The predicted octanol–water partition coefficient (Wildman–Crippen LogP) is 3.77. The topological polar surface area (TPSA) is 88.6 Å². The van der Waals surface area contributed by atoms with Crippen molar-refractivity contribution in [2.45, 2.75) is 0 Å². The zero-order chi connectivity index (χ0) is 20.2. The molecule has 0 spiro atoms. The summed E-state index contributed by atoms with van der Waals surface area (Å²) in [4.78, 5) is 23.7. The van der Waals surface area contributed by atoms with Gasteiger partial charge in [-0.15, -0.1) is 0 Å². The minimum atomic E-state index is -0.396. The molecular formula is C20H20ClN5O3. The van der Waals surface area contributed by atoms with Gasteiger partial charge in [-0.2, -0.15) is 0 Å². The van der Waals surface area contributed by atoms with Crippen molar-refractivity contribution in [3.8, 4) is 5.88 Å². The first-order valence-corrected chi connectivity index (χ1v) is 9.53. The van der Waals surface area contributed by atoms with Gasteiger partial charge in [0, 0.05) is 18.8 Å². The van der Waals surface area contributed by atoms with Crippen molar-refractivity contribution in [1.29, 1.82) is 0 Å². The van der Waals surface area contributed by atoms with Crippen molar-refractivity contribution in [2.75, 3.05) is 48.9 Å². The fraction of sp³-hybridized carbons (Fsp3) is 0.250. The monoisotopic (exact) mass is 413 g/mol. The lowest BCUT2D eigenvalue weighted by molar-refractivity contribution is 0.122. The number of morpholine rings is 1. The Kier molecular flexibility index (Phi) is 5.64. The van der Waals surface area contributed by atoms with E-state index in [9.17, 15) is 4.79 Å². The number of ether oxygens (including phenoxy) is 2. The van der Waals surface area contributed by atoms with Crippen LogP contribution in [0, 0.1) is 0 Å². The highest BCUT2D eigenvalue weighted by atomic mass is 35.5. The normalized spacial score (nSPS) is 13.9. The molecule has 1 aliphatic rings. The summed E-state index contributed by atoms with van der Waals surface area (Å²) in [6.45, 7) is 2.70. The van der Waals surface area contributed by atoms with Crippen molar-refractivity contribution in [3.63, 3.8) is 0 Å². The van der Waals surface area contributed by atoms with Crippen LogP contribution in [0.2, 0.25) is 5.02 Å². The summed E-state index contributed by atoms with van der Waals surface area (Å²) in [5, 5.41) is 5.99. The second kappa shape index (κ2) is 8.50. The number of carbonyl (C=O) groups is 1. The van der Waals surface area contributed by atoms with Crippen LogP contribution in [-0.2, 0) is 4.74 Å². The average Bonchev–Trinajstić information content (AvgIpc) is 2.75. The molecule has 1 fully saturated rings. The lowest BCUT2D eigenvalue weighted by Gasteiger charge is -2.28. The summed E-state index contributed by atoms with van der Waals surface area (Å²) in [6, 6.07) is 12.0. The molecule has 2 aromatic carbocycles. The first kappa shape index (κ1) is 19.2. The van der Waals surface area contributed by atoms with Crippen molar-refractivity contribution >= 4 is 45.9 Å². The molecule has 0 unspecified atom stereocenters. The van der Waals surface area contributed by atoms with Crippen molar-refractivity contribution in [2.24, 2.45) is 0 Å². The highest BCUT2D eigenvalue weighted by Gasteiger charge is 2.19. The number of rotatable bonds is 4. The maximum absolute atomic E-state index is 12.3. The molecule has 2 N–H and O–H groups in total. The van der Waals surface area contributed by atoms with E-state index in [0.29, 0.717) is 65.4 Å². The molecule has 0 aliphatic carbocycles. The summed E-state index contributed by atoms with van der Waals surface area (Å²) >= 11 is 6.08. The average molecular weight is 414 g/mol. The molecule has 8 nitrogen and oxygen atoms in total. The molecule has 0 atom stereocenters. The summed E-state index contributed by atoms with van der Waals surface area (Å²) < 4.78 is 10.8. The first-order valence-electron chi connectivity index (χ1n) is 9.15. The Morgan fingerprint density at radius 1 is 1.10 bits per heavy atom. The molecule has 2 amide bonds. The Labute approximate surface area is 172 Å². The van der Waals surface area contributed by atoms with Gasteiger partial charge >= 0.3 is 6.03 Å². The van der Waals surface area contributed by atoms with Crippen molar-refractivity contribution < 1.29 is 14.3 Å². The summed E-state index contributed by atoms with van der Waals surface area (Å²) in [5.74, 6) is 1.14. The fourth-order valence-electron chi connectivity index (χ4n) is 3.07. The number of para-hydroxylation sites is 1. The zero-order valence-electron chi connectivity index (χ0n) is 15.8. The molecule has 150 valence electrons. The molecule has 0 radical (unpaired) electrons. The minimum Gasteiger partial charge on any atom is -0.478 e. The van der Waals surface area contributed by atoms with Crippen molar-refractivity contribution in [1.82, 2.24) is 9.97 Å². The molecular weight excluding hydrogens is 394 g/mol. The SMILES string of the molecule is COc1nc2ccc(NC(=O)Nc3ccccc3Cl)cc2nc1N1CCOCC1. The van der Waals surface area contributed by atoms with Gasteiger partial charge in [-0.1, -0.05) is 23.7 Å². The maximum atomic E-state index is 12.3. The molecule has 0 bridgehead atoms. The molecule has 1 saturated heterocycles. The van der Waals surface area contributed by atoms with Crippen LogP contribution >= 0.6 is 11.6 Å². The molecule has 29 heavy (non-hydrogen) atoms. The largest absolute Gasteiger partial charge is 0.478 e. The van der Waals surface area contributed by atoms with Crippen LogP contribution in [0.3, 0.4) is 0 Å². The Bertz CT molecular complexity index is 1040. The number of hydrogen-bond donors (Lipinski definition) is 2. The van der Waals surface area contributed by atoms with Crippen LogP contribution in [0.5, 0.6) is 5.88 Å².